The first-order valence-corrected chi connectivity index (χ1v) is 9.07. The third-order valence-corrected chi connectivity index (χ3v) is 4.93. The van der Waals surface area contributed by atoms with E-state index in [0.29, 0.717) is 5.57 Å². The largest absolute Gasteiger partial charge is 0.454 e. The van der Waals surface area contributed by atoms with E-state index in [1.54, 1.807) is 0 Å². The molecule has 1 aromatic heterocycles. The van der Waals surface area contributed by atoms with E-state index in [2.05, 4.69) is 36.5 Å². The highest BCUT2D eigenvalue weighted by molar-refractivity contribution is 6.09. The molecule has 0 amide bonds. The lowest BCUT2D eigenvalue weighted by Crippen LogP contribution is -2.20. The van der Waals surface area contributed by atoms with Gasteiger partial charge in [0.1, 0.15) is 11.3 Å². The Balaban J connectivity index is 1.74. The highest BCUT2D eigenvalue weighted by Gasteiger charge is 2.30. The standard InChI is InChI=1S/C22H21N3O/c1-3-4-5-14-7-9-19-16(10-14)12-20(26-19)22-21(24-2)17-8-6-15(13-23)11-18(17)25-22/h6-12,17,24H,3-5H2,1-2H3. The van der Waals surface area contributed by atoms with E-state index in [4.69, 9.17) is 14.7 Å². The normalized spacial score (nSPS) is 18.6. The van der Waals surface area contributed by atoms with Crippen molar-refractivity contribution in [2.45, 2.75) is 26.2 Å². The molecule has 26 heavy (non-hydrogen) atoms. The van der Waals surface area contributed by atoms with Crippen molar-refractivity contribution in [1.29, 1.82) is 5.26 Å². The van der Waals surface area contributed by atoms with Gasteiger partial charge in [0.15, 0.2) is 5.76 Å². The first-order chi connectivity index (χ1) is 12.7. The molecule has 0 saturated heterocycles. The van der Waals surface area contributed by atoms with Gasteiger partial charge < -0.3 is 9.73 Å². The fourth-order valence-electron chi connectivity index (χ4n) is 3.56. The van der Waals surface area contributed by atoms with Crippen LogP contribution in [-0.4, -0.2) is 12.8 Å². The highest BCUT2D eigenvalue weighted by atomic mass is 16.3. The zero-order valence-corrected chi connectivity index (χ0v) is 15.0. The van der Waals surface area contributed by atoms with Gasteiger partial charge in [0, 0.05) is 12.4 Å². The molecule has 1 aliphatic carbocycles. The Labute approximate surface area is 153 Å². The summed E-state index contributed by atoms with van der Waals surface area (Å²) in [6, 6.07) is 10.6. The number of hydrogen-bond donors (Lipinski definition) is 1. The Morgan fingerprint density at radius 2 is 2.19 bits per heavy atom. The Bertz CT molecular complexity index is 1030. The summed E-state index contributed by atoms with van der Waals surface area (Å²) in [5.41, 5.74) is 5.55. The van der Waals surface area contributed by atoms with Crippen molar-refractivity contribution >= 4 is 22.4 Å². The Kier molecular flexibility index (Phi) is 4.22. The topological polar surface area (TPSA) is 61.3 Å². The van der Waals surface area contributed by atoms with Crippen molar-refractivity contribution < 1.29 is 4.42 Å². The lowest BCUT2D eigenvalue weighted by molar-refractivity contribution is 0.597. The van der Waals surface area contributed by atoms with Crippen LogP contribution in [0, 0.1) is 17.2 Å². The van der Waals surface area contributed by atoms with Crippen LogP contribution in [0.4, 0.5) is 0 Å². The van der Waals surface area contributed by atoms with Crippen LogP contribution in [0.1, 0.15) is 31.1 Å². The molecule has 0 fully saturated rings. The summed E-state index contributed by atoms with van der Waals surface area (Å²) in [7, 11) is 1.90. The number of nitrogens with zero attached hydrogens (tertiary/aromatic N) is 2. The van der Waals surface area contributed by atoms with Crippen LogP contribution >= 0.6 is 0 Å². The van der Waals surface area contributed by atoms with Gasteiger partial charge >= 0.3 is 0 Å². The number of benzene rings is 1. The zero-order valence-electron chi connectivity index (χ0n) is 15.0. The summed E-state index contributed by atoms with van der Waals surface area (Å²) in [6.45, 7) is 2.21. The van der Waals surface area contributed by atoms with Gasteiger partial charge in [-0.05, 0) is 48.8 Å². The molecule has 1 N–H and O–H groups in total. The maximum Gasteiger partial charge on any atom is 0.155 e. The van der Waals surface area contributed by atoms with Crippen molar-refractivity contribution in [1.82, 2.24) is 5.32 Å². The predicted molar refractivity (Wildman–Crippen MR) is 105 cm³/mol. The molecular formula is C22H21N3O. The molecule has 2 aromatic rings. The Hall–Kier alpha value is -3.06. The van der Waals surface area contributed by atoms with Gasteiger partial charge in [0.2, 0.25) is 0 Å². The minimum absolute atomic E-state index is 0.0560. The number of aryl methyl sites for hydroxylation is 1. The number of rotatable bonds is 5. The van der Waals surface area contributed by atoms with Gasteiger partial charge in [-0.2, -0.15) is 5.26 Å². The van der Waals surface area contributed by atoms with Crippen LogP contribution in [-0.2, 0) is 6.42 Å². The molecule has 0 radical (unpaired) electrons. The Morgan fingerprint density at radius 1 is 1.31 bits per heavy atom. The molecule has 1 unspecified atom stereocenters. The minimum Gasteiger partial charge on any atom is -0.454 e. The average Bonchev–Trinajstić information content (AvgIpc) is 3.25. The number of hydrogen-bond acceptors (Lipinski definition) is 4. The molecule has 1 aliphatic heterocycles. The number of unbranched alkanes of at least 4 members (excludes halogenated alkanes) is 1. The second-order valence-electron chi connectivity index (χ2n) is 6.68. The van der Waals surface area contributed by atoms with Crippen molar-refractivity contribution in [3.63, 3.8) is 0 Å². The van der Waals surface area contributed by atoms with Crippen molar-refractivity contribution in [3.05, 3.63) is 65.1 Å². The summed E-state index contributed by atoms with van der Waals surface area (Å²) >= 11 is 0. The van der Waals surface area contributed by atoms with Crippen LogP contribution in [0.25, 0.3) is 16.7 Å². The SMILES string of the molecule is CCCCc1ccc2oc(C3=C(NC)C4C=CC(C#N)=CC4=N3)cc2c1. The van der Waals surface area contributed by atoms with Gasteiger partial charge in [-0.15, -0.1) is 0 Å². The molecule has 2 aliphatic rings. The number of allylic oxidation sites excluding steroid dienone is 4. The maximum atomic E-state index is 9.13. The van der Waals surface area contributed by atoms with Crippen LogP contribution in [0.2, 0.25) is 0 Å². The molecular weight excluding hydrogens is 322 g/mol. The molecule has 4 rings (SSSR count). The van der Waals surface area contributed by atoms with E-state index >= 15 is 0 Å². The summed E-state index contributed by atoms with van der Waals surface area (Å²) < 4.78 is 6.09. The summed E-state index contributed by atoms with van der Waals surface area (Å²) in [6.07, 6.45) is 9.19. The number of furan rings is 1. The lowest BCUT2D eigenvalue weighted by Gasteiger charge is -2.14. The van der Waals surface area contributed by atoms with Gasteiger partial charge in [-0.25, -0.2) is 4.99 Å². The molecule has 1 atom stereocenters. The minimum atomic E-state index is 0.0560. The van der Waals surface area contributed by atoms with Crippen LogP contribution in [0.15, 0.2) is 63.2 Å². The Morgan fingerprint density at radius 3 is 2.96 bits per heavy atom. The smallest absolute Gasteiger partial charge is 0.155 e. The first kappa shape index (κ1) is 16.4. The van der Waals surface area contributed by atoms with Crippen molar-refractivity contribution in [3.8, 4) is 6.07 Å². The predicted octanol–water partition coefficient (Wildman–Crippen LogP) is 4.75. The summed E-state index contributed by atoms with van der Waals surface area (Å²) in [4.78, 5) is 4.76. The highest BCUT2D eigenvalue weighted by Crippen LogP contribution is 2.37. The molecule has 0 spiro atoms. The molecule has 130 valence electrons. The van der Waals surface area contributed by atoms with E-state index in [0.717, 1.165) is 40.3 Å². The molecule has 2 heterocycles. The number of nitriles is 1. The van der Waals surface area contributed by atoms with E-state index in [9.17, 15) is 0 Å². The molecule has 1 aromatic carbocycles. The summed E-state index contributed by atoms with van der Waals surface area (Å²) in [5.74, 6) is 0.819. The molecule has 4 nitrogen and oxygen atoms in total. The second kappa shape index (κ2) is 6.68. The van der Waals surface area contributed by atoms with Crippen LogP contribution in [0.5, 0.6) is 0 Å². The van der Waals surface area contributed by atoms with E-state index < -0.39 is 0 Å². The zero-order chi connectivity index (χ0) is 18.1. The number of nitrogens with one attached hydrogen (secondary N) is 1. The van der Waals surface area contributed by atoms with Crippen molar-refractivity contribution in [2.24, 2.45) is 10.9 Å². The molecule has 0 saturated carbocycles. The molecule has 4 heteroatoms. The maximum absolute atomic E-state index is 9.13. The second-order valence-corrected chi connectivity index (χ2v) is 6.68. The van der Waals surface area contributed by atoms with Crippen molar-refractivity contribution in [2.75, 3.05) is 7.05 Å². The van der Waals surface area contributed by atoms with E-state index in [1.807, 2.05) is 31.3 Å². The number of aliphatic imine (C=N–C) groups is 1. The van der Waals surface area contributed by atoms with Crippen LogP contribution in [0.3, 0.4) is 0 Å². The van der Waals surface area contributed by atoms with Crippen LogP contribution < -0.4 is 5.32 Å². The van der Waals surface area contributed by atoms with Gasteiger partial charge in [0.25, 0.3) is 0 Å². The lowest BCUT2D eigenvalue weighted by atomic mass is 9.93. The monoisotopic (exact) mass is 343 g/mol. The fraction of sp³-hybridized carbons (Fsp3) is 0.273. The average molecular weight is 343 g/mol. The van der Waals surface area contributed by atoms with Gasteiger partial charge in [0.05, 0.1) is 29.0 Å². The fourth-order valence-corrected chi connectivity index (χ4v) is 3.56. The van der Waals surface area contributed by atoms with Gasteiger partial charge in [-0.3, -0.25) is 0 Å². The van der Waals surface area contributed by atoms with E-state index in [1.165, 1.54) is 18.4 Å². The number of fused-ring (bicyclic) bond motifs is 2. The van der Waals surface area contributed by atoms with Gasteiger partial charge in [-0.1, -0.05) is 25.5 Å². The third kappa shape index (κ3) is 2.76. The quantitative estimate of drug-likeness (QED) is 0.852. The summed E-state index contributed by atoms with van der Waals surface area (Å²) in [5, 5.41) is 13.5. The first-order valence-electron chi connectivity index (χ1n) is 9.07. The molecule has 0 bridgehead atoms. The van der Waals surface area contributed by atoms with E-state index in [-0.39, 0.29) is 5.92 Å². The third-order valence-electron chi connectivity index (χ3n) is 4.93.